The third-order valence-electron chi connectivity index (χ3n) is 6.18. The van der Waals surface area contributed by atoms with Gasteiger partial charge in [-0.1, -0.05) is 13.3 Å². The van der Waals surface area contributed by atoms with Gasteiger partial charge in [0.1, 0.15) is 22.7 Å². The van der Waals surface area contributed by atoms with Crippen molar-refractivity contribution in [3.8, 4) is 33.9 Å². The summed E-state index contributed by atoms with van der Waals surface area (Å²) in [4.78, 5) is 28.7. The van der Waals surface area contributed by atoms with Gasteiger partial charge < -0.3 is 14.7 Å². The number of anilines is 1. The highest BCUT2D eigenvalue weighted by molar-refractivity contribution is 5.98. The predicted molar refractivity (Wildman–Crippen MR) is 138 cm³/mol. The molecule has 9 nitrogen and oxygen atoms in total. The number of H-pyrrole nitrogens is 2. The van der Waals surface area contributed by atoms with Crippen molar-refractivity contribution in [3.63, 3.8) is 0 Å². The molecule has 0 saturated heterocycles. The molecule has 5 heterocycles. The molecule has 6 rings (SSSR count). The topological polar surface area (TPSA) is 125 Å². The number of carbonyl (C=O) groups is 1. The number of hydrogen-bond acceptors (Lipinski definition) is 6. The van der Waals surface area contributed by atoms with Crippen molar-refractivity contribution in [1.82, 2.24) is 30.1 Å². The molecule has 0 bridgehead atoms. The summed E-state index contributed by atoms with van der Waals surface area (Å²) in [5.74, 6) is -0.153. The molecule has 1 amide bonds. The molecule has 0 fully saturated rings. The highest BCUT2D eigenvalue weighted by Crippen LogP contribution is 2.35. The first kappa shape index (κ1) is 22.6. The number of pyridine rings is 2. The number of furan rings is 1. The van der Waals surface area contributed by atoms with E-state index < -0.39 is 5.82 Å². The number of benzene rings is 1. The Hall–Kier alpha value is -4.86. The van der Waals surface area contributed by atoms with Crippen LogP contribution in [0.3, 0.4) is 0 Å². The van der Waals surface area contributed by atoms with Crippen LogP contribution >= 0.6 is 0 Å². The number of amides is 1. The second-order valence-electron chi connectivity index (χ2n) is 8.69. The van der Waals surface area contributed by atoms with Crippen LogP contribution in [0.25, 0.3) is 55.8 Å². The minimum absolute atomic E-state index is 0.0944. The first-order valence-corrected chi connectivity index (χ1v) is 11.9. The van der Waals surface area contributed by atoms with E-state index >= 15 is 4.39 Å². The fourth-order valence-electron chi connectivity index (χ4n) is 4.34. The van der Waals surface area contributed by atoms with E-state index in [-0.39, 0.29) is 5.91 Å². The van der Waals surface area contributed by atoms with Gasteiger partial charge in [-0.15, -0.1) is 0 Å². The molecule has 184 valence electrons. The SMILES string of the molecule is CCCCC(=O)Nc1cncc(-c2ccc3[nH]nc(-c4nc5c(-c6ccoc6)nccc5[nH]4)c3c2F)c1. The van der Waals surface area contributed by atoms with Crippen molar-refractivity contribution < 1.29 is 13.6 Å². The van der Waals surface area contributed by atoms with E-state index in [0.717, 1.165) is 23.9 Å². The van der Waals surface area contributed by atoms with Gasteiger partial charge in [0.05, 0.1) is 40.8 Å². The van der Waals surface area contributed by atoms with Crippen molar-refractivity contribution in [2.45, 2.75) is 26.2 Å². The van der Waals surface area contributed by atoms with Crippen molar-refractivity contribution >= 4 is 33.5 Å². The summed E-state index contributed by atoms with van der Waals surface area (Å²) in [5, 5.41) is 10.4. The van der Waals surface area contributed by atoms with Crippen molar-refractivity contribution in [2.75, 3.05) is 5.32 Å². The Morgan fingerprint density at radius 2 is 2.03 bits per heavy atom. The number of aromatic amines is 2. The van der Waals surface area contributed by atoms with E-state index in [1.807, 2.05) is 6.92 Å². The van der Waals surface area contributed by atoms with Crippen LogP contribution in [-0.4, -0.2) is 36.0 Å². The maximum absolute atomic E-state index is 16.0. The van der Waals surface area contributed by atoms with Crippen LogP contribution < -0.4 is 5.32 Å². The standard InChI is InChI=1S/C27H22FN7O2/c1-2-3-4-21(36)31-17-11-16(12-29-13-17)18-5-6-19-22(23(18)28)26(35-34-19)27-32-20-7-9-30-24(25(20)33-27)15-8-10-37-14-15/h5-14H,2-4H2,1H3,(H,31,36)(H,32,33)(H,34,35). The van der Waals surface area contributed by atoms with E-state index in [4.69, 9.17) is 9.40 Å². The lowest BCUT2D eigenvalue weighted by Gasteiger charge is -2.08. The third kappa shape index (κ3) is 4.12. The van der Waals surface area contributed by atoms with E-state index in [0.29, 0.717) is 56.9 Å². The van der Waals surface area contributed by atoms with Gasteiger partial charge in [0, 0.05) is 35.5 Å². The normalized spacial score (nSPS) is 11.4. The lowest BCUT2D eigenvalue weighted by Crippen LogP contribution is -2.11. The lowest BCUT2D eigenvalue weighted by molar-refractivity contribution is -0.116. The van der Waals surface area contributed by atoms with Crippen molar-refractivity contribution in [3.05, 3.63) is 67.3 Å². The van der Waals surface area contributed by atoms with Gasteiger partial charge in [-0.3, -0.25) is 19.9 Å². The van der Waals surface area contributed by atoms with Crippen LogP contribution in [-0.2, 0) is 4.79 Å². The number of carbonyl (C=O) groups excluding carboxylic acids is 1. The molecule has 5 aromatic heterocycles. The highest BCUT2D eigenvalue weighted by atomic mass is 19.1. The molecule has 3 N–H and O–H groups in total. The van der Waals surface area contributed by atoms with Crippen LogP contribution in [0.15, 0.2) is 65.9 Å². The molecule has 10 heteroatoms. The van der Waals surface area contributed by atoms with Gasteiger partial charge in [0.15, 0.2) is 5.82 Å². The van der Waals surface area contributed by atoms with Crippen LogP contribution in [0.5, 0.6) is 0 Å². The monoisotopic (exact) mass is 495 g/mol. The van der Waals surface area contributed by atoms with Gasteiger partial charge in [-0.25, -0.2) is 9.37 Å². The molecule has 0 unspecified atom stereocenters. The number of aromatic nitrogens is 6. The van der Waals surface area contributed by atoms with Gasteiger partial charge in [-0.2, -0.15) is 5.10 Å². The fourth-order valence-corrected chi connectivity index (χ4v) is 4.34. The number of nitrogens with one attached hydrogen (secondary N) is 3. The summed E-state index contributed by atoms with van der Waals surface area (Å²) >= 11 is 0. The zero-order chi connectivity index (χ0) is 25.4. The number of imidazole rings is 1. The first-order valence-electron chi connectivity index (χ1n) is 11.9. The number of rotatable bonds is 7. The smallest absolute Gasteiger partial charge is 0.224 e. The Bertz CT molecular complexity index is 1740. The average molecular weight is 496 g/mol. The van der Waals surface area contributed by atoms with Crippen LogP contribution in [0, 0.1) is 5.82 Å². The molecule has 0 aliphatic rings. The summed E-state index contributed by atoms with van der Waals surface area (Å²) in [7, 11) is 0. The first-order chi connectivity index (χ1) is 18.1. The lowest BCUT2D eigenvalue weighted by atomic mass is 10.0. The number of hydrogen-bond donors (Lipinski definition) is 3. The minimum atomic E-state index is -0.467. The van der Waals surface area contributed by atoms with Gasteiger partial charge in [0.2, 0.25) is 5.91 Å². The average Bonchev–Trinajstić information content (AvgIpc) is 3.67. The molecule has 6 aromatic rings. The summed E-state index contributed by atoms with van der Waals surface area (Å²) in [6.07, 6.45) is 10.1. The van der Waals surface area contributed by atoms with Crippen LogP contribution in [0.2, 0.25) is 0 Å². The van der Waals surface area contributed by atoms with E-state index in [2.05, 4.69) is 30.5 Å². The number of nitrogens with zero attached hydrogens (tertiary/aromatic N) is 4. The number of halogens is 1. The zero-order valence-corrected chi connectivity index (χ0v) is 19.9. The highest BCUT2D eigenvalue weighted by Gasteiger charge is 2.21. The van der Waals surface area contributed by atoms with Gasteiger partial charge >= 0.3 is 0 Å². The molecule has 0 spiro atoms. The van der Waals surface area contributed by atoms with E-state index in [9.17, 15) is 4.79 Å². The van der Waals surface area contributed by atoms with Crippen LogP contribution in [0.1, 0.15) is 26.2 Å². The molecule has 0 radical (unpaired) electrons. The Morgan fingerprint density at radius 3 is 2.86 bits per heavy atom. The Balaban J connectivity index is 1.41. The second-order valence-corrected chi connectivity index (χ2v) is 8.69. The molecule has 0 saturated carbocycles. The maximum Gasteiger partial charge on any atom is 0.224 e. The molecule has 1 aromatic carbocycles. The molecule has 0 aliphatic heterocycles. The number of fused-ring (bicyclic) bond motifs is 2. The molecule has 0 aliphatic carbocycles. The summed E-state index contributed by atoms with van der Waals surface area (Å²) < 4.78 is 21.2. The van der Waals surface area contributed by atoms with E-state index in [1.54, 1.807) is 61.4 Å². The Labute approximate surface area is 210 Å². The fraction of sp³-hybridized carbons (Fsp3) is 0.148. The molecular weight excluding hydrogens is 473 g/mol. The van der Waals surface area contributed by atoms with Crippen LogP contribution in [0.4, 0.5) is 10.1 Å². The number of unbranched alkanes of at least 4 members (excludes halogenated alkanes) is 1. The van der Waals surface area contributed by atoms with Crippen molar-refractivity contribution in [1.29, 1.82) is 0 Å². The molecular formula is C27H22FN7O2. The van der Waals surface area contributed by atoms with Gasteiger partial charge in [-0.05, 0) is 36.8 Å². The molecule has 0 atom stereocenters. The quantitative estimate of drug-likeness (QED) is 0.246. The third-order valence-corrected chi connectivity index (χ3v) is 6.18. The van der Waals surface area contributed by atoms with Crippen molar-refractivity contribution in [2.24, 2.45) is 0 Å². The zero-order valence-electron chi connectivity index (χ0n) is 19.9. The molecule has 37 heavy (non-hydrogen) atoms. The second kappa shape index (κ2) is 9.30. The Morgan fingerprint density at radius 1 is 1.11 bits per heavy atom. The Kier molecular flexibility index (Phi) is 5.68. The van der Waals surface area contributed by atoms with E-state index in [1.165, 1.54) is 0 Å². The van der Waals surface area contributed by atoms with Gasteiger partial charge in [0.25, 0.3) is 0 Å². The minimum Gasteiger partial charge on any atom is -0.472 e. The summed E-state index contributed by atoms with van der Waals surface area (Å²) in [5.41, 5.74) is 5.08. The summed E-state index contributed by atoms with van der Waals surface area (Å²) in [6.45, 7) is 2.03. The maximum atomic E-state index is 16.0. The summed E-state index contributed by atoms with van der Waals surface area (Å²) in [6, 6.07) is 8.75. The predicted octanol–water partition coefficient (Wildman–Crippen LogP) is 6.09. The largest absolute Gasteiger partial charge is 0.472 e.